The first-order chi connectivity index (χ1) is 36.5. The fourth-order valence-electron chi connectivity index (χ4n) is 7.61. The van der Waals surface area contributed by atoms with Gasteiger partial charge in [-0.25, -0.2) is 14.0 Å². The van der Waals surface area contributed by atoms with Gasteiger partial charge in [-0.3, -0.25) is 9.97 Å². The number of pyridine rings is 2. The summed E-state index contributed by atoms with van der Waals surface area (Å²) < 4.78 is 98.6. The summed E-state index contributed by atoms with van der Waals surface area (Å²) in [6, 6.07) is 32.9. The van der Waals surface area contributed by atoms with Crippen LogP contribution in [0.25, 0.3) is 44.1 Å². The summed E-state index contributed by atoms with van der Waals surface area (Å²) in [4.78, 5) is 32.6. The average molecular weight is 1070 g/mol. The molecule has 0 aliphatic carbocycles. The predicted octanol–water partition coefficient (Wildman–Crippen LogP) is 14.0. The molecule has 8 aromatic rings. The quantitative estimate of drug-likeness (QED) is 0.0498. The number of benzene rings is 6. The molecule has 2 aromatic heterocycles. The predicted molar refractivity (Wildman–Crippen MR) is 272 cm³/mol. The summed E-state index contributed by atoms with van der Waals surface area (Å²) >= 11 is 6.35. The number of aromatic nitrogens is 2. The number of ether oxygens (including phenoxy) is 9. The van der Waals surface area contributed by atoms with Crippen molar-refractivity contribution in [2.75, 3.05) is 26.8 Å². The van der Waals surface area contributed by atoms with E-state index >= 15 is 0 Å². The molecule has 8 rings (SSSR count). The van der Waals surface area contributed by atoms with Gasteiger partial charge in [-0.2, -0.15) is 0 Å². The van der Waals surface area contributed by atoms with E-state index in [4.69, 9.17) is 49.5 Å². The van der Waals surface area contributed by atoms with Crippen LogP contribution in [0.4, 0.5) is 27.2 Å². The van der Waals surface area contributed by atoms with Gasteiger partial charge in [0.2, 0.25) is 13.6 Å². The van der Waals surface area contributed by atoms with Crippen LogP contribution in [0.2, 0.25) is 5.02 Å². The van der Waals surface area contributed by atoms with E-state index in [0.717, 1.165) is 23.3 Å². The van der Waals surface area contributed by atoms with Gasteiger partial charge in [0, 0.05) is 43.9 Å². The summed E-state index contributed by atoms with van der Waals surface area (Å²) in [6.07, 6.45) is -6.55. The van der Waals surface area contributed by atoms with Crippen molar-refractivity contribution in [1.29, 1.82) is 0 Å². The van der Waals surface area contributed by atoms with Gasteiger partial charge in [-0.05, 0) is 136 Å². The van der Waals surface area contributed by atoms with Crippen molar-refractivity contribution >= 4 is 45.7 Å². The van der Waals surface area contributed by atoms with Crippen molar-refractivity contribution < 1.29 is 80.0 Å². The van der Waals surface area contributed by atoms with E-state index in [2.05, 4.69) is 14.7 Å². The second-order valence-corrected chi connectivity index (χ2v) is 16.7. The Morgan fingerprint density at radius 1 is 0.553 bits per heavy atom. The zero-order valence-electron chi connectivity index (χ0n) is 41.5. The van der Waals surface area contributed by atoms with Crippen molar-refractivity contribution in [2.45, 2.75) is 54.2 Å². The van der Waals surface area contributed by atoms with Crippen LogP contribution < -0.4 is 23.7 Å². The minimum Gasteiger partial charge on any atom is -0.457 e. The highest BCUT2D eigenvalue weighted by molar-refractivity contribution is 6.32. The van der Waals surface area contributed by atoms with Gasteiger partial charge in [-0.1, -0.05) is 53.6 Å². The molecule has 6 aromatic carbocycles. The minimum atomic E-state index is -4.78. The molecule has 396 valence electrons. The first-order valence-corrected chi connectivity index (χ1v) is 23.7. The monoisotopic (exact) mass is 1070 g/mol. The number of alkyl halides is 3. The van der Waals surface area contributed by atoms with Crippen molar-refractivity contribution in [3.63, 3.8) is 0 Å². The Labute approximate surface area is 438 Å². The lowest BCUT2D eigenvalue weighted by Crippen LogP contribution is -2.16. The number of fused-ring (bicyclic) bond motifs is 2. The van der Waals surface area contributed by atoms with E-state index in [1.807, 2.05) is 55.5 Å². The van der Waals surface area contributed by atoms with E-state index in [1.165, 1.54) is 24.3 Å². The third kappa shape index (κ3) is 14.3. The van der Waals surface area contributed by atoms with E-state index in [1.54, 1.807) is 64.1 Å². The van der Waals surface area contributed by atoms with Gasteiger partial charge in [0.1, 0.15) is 46.1 Å². The summed E-state index contributed by atoms with van der Waals surface area (Å²) in [7, 11) is 0. The van der Waals surface area contributed by atoms with Crippen LogP contribution in [0.3, 0.4) is 0 Å². The molecule has 20 heteroatoms. The molecule has 0 bridgehead atoms. The molecule has 0 aliphatic rings. The number of hydrogen-bond donors (Lipinski definition) is 2. The molecule has 2 N–H and O–H groups in total. The highest BCUT2D eigenvalue weighted by Gasteiger charge is 2.31. The number of aliphatic hydroxyl groups excluding tert-OH is 2. The van der Waals surface area contributed by atoms with Crippen LogP contribution in [0.15, 0.2) is 121 Å². The highest BCUT2D eigenvalue weighted by atomic mass is 35.5. The topological polar surface area (TPSA) is 183 Å². The third-order valence-corrected chi connectivity index (χ3v) is 11.4. The number of halogens is 5. The average Bonchev–Trinajstić information content (AvgIpc) is 3.40. The number of hydrogen-bond acceptors (Lipinski definition) is 15. The summed E-state index contributed by atoms with van der Waals surface area (Å²) in [5, 5.41) is 20.3. The van der Waals surface area contributed by atoms with E-state index in [9.17, 15) is 37.4 Å². The SMILES string of the molecule is CCOC(=O)OCOc1c(-c2ccc(Oc3ccc(C)cc3)cc2)c(C)nc2cc(CO)c(F)cc12.CCOC(=O)OCOc1c(-c2ccc(Oc3ccc(OC(F)(F)F)cc3)cc2)c(C)nc2cc(CO)c(Cl)cc12. The van der Waals surface area contributed by atoms with Gasteiger partial charge >= 0.3 is 18.7 Å². The Bertz CT molecular complexity index is 3310. The first kappa shape index (κ1) is 55.4. The minimum absolute atomic E-state index is 0.119. The zero-order valence-corrected chi connectivity index (χ0v) is 42.2. The van der Waals surface area contributed by atoms with Crippen molar-refractivity contribution in [1.82, 2.24) is 9.97 Å². The zero-order chi connectivity index (χ0) is 54.5. The molecule has 0 radical (unpaired) electrons. The highest BCUT2D eigenvalue weighted by Crippen LogP contribution is 2.42. The number of rotatable bonds is 17. The van der Waals surface area contributed by atoms with Gasteiger partial charge < -0.3 is 52.8 Å². The lowest BCUT2D eigenvalue weighted by atomic mass is 9.99. The van der Waals surface area contributed by atoms with Crippen molar-refractivity contribution in [2.24, 2.45) is 0 Å². The smallest absolute Gasteiger partial charge is 0.457 e. The van der Waals surface area contributed by atoms with Crippen LogP contribution in [0.1, 0.15) is 41.9 Å². The maximum Gasteiger partial charge on any atom is 0.573 e. The molecule has 0 spiro atoms. The largest absolute Gasteiger partial charge is 0.573 e. The molecule has 0 aliphatic heterocycles. The standard InChI is InChI=1S/C28H23ClF3NO7.C28H26FNO6/c1-3-36-27(35)38-15-37-26-22-13-23(29)18(14-34)12-24(22)33-16(2)25(26)17-4-6-19(7-5-17)39-20-8-10-21(11-9-20)40-28(30,31)32;1-4-33-28(32)35-16-34-27-23-14-24(29)20(15-31)13-25(23)30-18(3)26(27)19-7-11-22(12-8-19)36-21-9-5-17(2)6-10-21/h4-13,34H,3,14-15H2,1-2H3;5-14,31H,4,15-16H2,1-3H3. The number of carbonyl (C=O) groups is 2. The second-order valence-electron chi connectivity index (χ2n) is 16.3. The molecule has 0 atom stereocenters. The first-order valence-electron chi connectivity index (χ1n) is 23.3. The Hall–Kier alpha value is -8.39. The molecule has 0 unspecified atom stereocenters. The molecule has 15 nitrogen and oxygen atoms in total. The molecular formula is C56H49ClF4N2O13. The Kier molecular flexibility index (Phi) is 18.4. The van der Waals surface area contributed by atoms with Crippen LogP contribution in [-0.4, -0.2) is 65.7 Å². The summed E-state index contributed by atoms with van der Waals surface area (Å²) in [6.45, 7) is 7.55. The van der Waals surface area contributed by atoms with E-state index in [-0.39, 0.29) is 36.9 Å². The number of nitrogens with zero attached hydrogens (tertiary/aromatic N) is 2. The maximum atomic E-state index is 14.6. The molecule has 76 heavy (non-hydrogen) atoms. The van der Waals surface area contributed by atoms with Crippen LogP contribution in [0, 0.1) is 26.6 Å². The molecule has 0 saturated carbocycles. The third-order valence-electron chi connectivity index (χ3n) is 11.0. The number of aryl methyl sites for hydroxylation is 3. The molecule has 0 fully saturated rings. The van der Waals surface area contributed by atoms with E-state index in [0.29, 0.717) is 89.2 Å². The molecule has 2 heterocycles. The molecular weight excluding hydrogens is 1020 g/mol. The second kappa shape index (κ2) is 25.2. The number of carbonyl (C=O) groups excluding carboxylic acids is 2. The molecule has 0 saturated heterocycles. The lowest BCUT2D eigenvalue weighted by molar-refractivity contribution is -0.274. The number of aliphatic hydroxyl groups is 2. The lowest BCUT2D eigenvalue weighted by Gasteiger charge is -2.18. The van der Waals surface area contributed by atoms with Crippen LogP contribution in [0.5, 0.6) is 40.2 Å². The maximum absolute atomic E-state index is 14.6. The Morgan fingerprint density at radius 3 is 1.37 bits per heavy atom. The fraction of sp³-hybridized carbons (Fsp3) is 0.214. The van der Waals surface area contributed by atoms with E-state index < -0.39 is 44.7 Å². The summed E-state index contributed by atoms with van der Waals surface area (Å²) in [5.41, 5.74) is 6.51. The van der Waals surface area contributed by atoms with Gasteiger partial charge in [0.15, 0.2) is 0 Å². The van der Waals surface area contributed by atoms with Gasteiger partial charge in [0.25, 0.3) is 0 Å². The van der Waals surface area contributed by atoms with Crippen molar-refractivity contribution in [3.8, 4) is 62.5 Å². The summed E-state index contributed by atoms with van der Waals surface area (Å²) in [5.74, 6) is 1.75. The van der Waals surface area contributed by atoms with Crippen LogP contribution in [-0.2, 0) is 32.2 Å². The van der Waals surface area contributed by atoms with Crippen LogP contribution >= 0.6 is 11.6 Å². The normalized spacial score (nSPS) is 11.1. The fourth-order valence-corrected chi connectivity index (χ4v) is 7.83. The Balaban J connectivity index is 0.000000222. The van der Waals surface area contributed by atoms with Gasteiger partial charge in [0.05, 0.1) is 37.5 Å². The molecule has 0 amide bonds. The van der Waals surface area contributed by atoms with Gasteiger partial charge in [-0.15, -0.1) is 13.2 Å². The van der Waals surface area contributed by atoms with Crippen molar-refractivity contribution in [3.05, 3.63) is 160 Å². The Morgan fingerprint density at radius 2 is 0.947 bits per heavy atom.